The van der Waals surface area contributed by atoms with Crippen LogP contribution in [-0.2, 0) is 33.3 Å². The number of carbonyl (C=O) groups is 3. The summed E-state index contributed by atoms with van der Waals surface area (Å²) < 4.78 is 22.5. The minimum Gasteiger partial charge on any atom is -0.459 e. The Labute approximate surface area is 186 Å². The third kappa shape index (κ3) is 1.60. The fraction of sp³-hybridized carbons (Fsp3) is 0.850. The van der Waals surface area contributed by atoms with E-state index in [1.54, 1.807) is 20.8 Å². The highest BCUT2D eigenvalue weighted by Crippen LogP contribution is 2.84. The van der Waals surface area contributed by atoms with E-state index in [0.29, 0.717) is 0 Å². The number of esters is 3. The molecule has 178 valence electrons. The van der Waals surface area contributed by atoms with Crippen LogP contribution in [0.15, 0.2) is 5.11 Å². The zero-order chi connectivity index (χ0) is 24.1. The summed E-state index contributed by atoms with van der Waals surface area (Å²) in [6.45, 7) is 6.66. The SMILES string of the molecule is CC1C(=O)O[C@H]2C(O)C34C5OC(=O)[C@@]3(OC3OC(=O)[C@H](O)C34C(C(C)(C)C)[C@@H]5N=[N+]=[N-])[C@@]12O. The van der Waals surface area contributed by atoms with Crippen molar-refractivity contribution >= 4 is 17.9 Å². The molecule has 12 atom stereocenters. The van der Waals surface area contributed by atoms with Crippen LogP contribution < -0.4 is 0 Å². The quantitative estimate of drug-likeness (QED) is 0.141. The van der Waals surface area contributed by atoms with Crippen LogP contribution in [0.1, 0.15) is 27.7 Å². The van der Waals surface area contributed by atoms with Crippen molar-refractivity contribution in [2.24, 2.45) is 33.2 Å². The predicted octanol–water partition coefficient (Wildman–Crippen LogP) is -1.08. The molecule has 2 saturated carbocycles. The molecule has 0 radical (unpaired) electrons. The van der Waals surface area contributed by atoms with Gasteiger partial charge in [-0.1, -0.05) is 25.9 Å². The van der Waals surface area contributed by atoms with Crippen molar-refractivity contribution in [3.63, 3.8) is 0 Å². The lowest BCUT2D eigenvalue weighted by molar-refractivity contribution is -0.239. The molecule has 6 aliphatic rings. The topological polar surface area (TPSA) is 198 Å². The first-order valence-corrected chi connectivity index (χ1v) is 10.7. The summed E-state index contributed by atoms with van der Waals surface area (Å²) in [7, 11) is 0. The highest BCUT2D eigenvalue weighted by atomic mass is 16.8. The number of nitrogens with zero attached hydrogens (tertiary/aromatic N) is 3. The zero-order valence-electron chi connectivity index (χ0n) is 18.2. The van der Waals surface area contributed by atoms with Crippen LogP contribution in [0.25, 0.3) is 10.4 Å². The summed E-state index contributed by atoms with van der Waals surface area (Å²) in [6.07, 6.45) is -8.31. The lowest BCUT2D eigenvalue weighted by Crippen LogP contribution is -2.67. The fourth-order valence-electron chi connectivity index (χ4n) is 8.45. The Kier molecular flexibility index (Phi) is 3.48. The summed E-state index contributed by atoms with van der Waals surface area (Å²) in [5, 5.41) is 39.0. The standard InChI is InChI=1S/C20H23N3O10/c1-5-12(26)30-11-8(24)18-10-6(22-23-21)7(16(2,3)4)17(18)9(25)13(27)32-15(17)33-20(18,14(28)31-10)19(5,11)29/h5-11,15,24-25,29H,1-4H3/t5?,6-,7?,8?,9-,10?,11-,15?,17?,18?,19+,20-/m0/s1. The molecule has 0 aromatic heterocycles. The predicted molar refractivity (Wildman–Crippen MR) is 100 cm³/mol. The number of fused-ring (bicyclic) bond motifs is 1. The van der Waals surface area contributed by atoms with E-state index in [2.05, 4.69) is 10.0 Å². The molecule has 13 heteroatoms. The molecule has 4 saturated heterocycles. The van der Waals surface area contributed by atoms with Crippen molar-refractivity contribution in [3.05, 3.63) is 10.4 Å². The number of carbonyl (C=O) groups excluding carboxylic acids is 3. The van der Waals surface area contributed by atoms with Gasteiger partial charge in [-0.2, -0.15) is 0 Å². The smallest absolute Gasteiger partial charge is 0.343 e. The first-order valence-electron chi connectivity index (χ1n) is 10.7. The largest absolute Gasteiger partial charge is 0.459 e. The van der Waals surface area contributed by atoms with Crippen LogP contribution >= 0.6 is 0 Å². The molecule has 4 aliphatic heterocycles. The maximum atomic E-state index is 13.6. The van der Waals surface area contributed by atoms with Gasteiger partial charge < -0.3 is 34.3 Å². The molecule has 2 aliphatic carbocycles. The average Bonchev–Trinajstić information content (AvgIpc) is 3.41. The molecule has 0 bridgehead atoms. The van der Waals surface area contributed by atoms with Crippen molar-refractivity contribution in [3.8, 4) is 0 Å². The molecule has 13 nitrogen and oxygen atoms in total. The van der Waals surface area contributed by atoms with Gasteiger partial charge in [0.15, 0.2) is 17.8 Å². The molecule has 0 amide bonds. The van der Waals surface area contributed by atoms with Crippen molar-refractivity contribution < 1.29 is 48.7 Å². The van der Waals surface area contributed by atoms with E-state index >= 15 is 0 Å². The monoisotopic (exact) mass is 465 g/mol. The number of hydrogen-bond acceptors (Lipinski definition) is 11. The van der Waals surface area contributed by atoms with Gasteiger partial charge in [0.1, 0.15) is 12.2 Å². The van der Waals surface area contributed by atoms with Gasteiger partial charge in [-0.25, -0.2) is 9.59 Å². The Morgan fingerprint density at radius 1 is 1.06 bits per heavy atom. The maximum Gasteiger partial charge on any atom is 0.343 e. The van der Waals surface area contributed by atoms with Gasteiger partial charge in [0.2, 0.25) is 11.9 Å². The zero-order valence-corrected chi connectivity index (χ0v) is 18.2. The van der Waals surface area contributed by atoms with E-state index < -0.39 is 93.9 Å². The van der Waals surface area contributed by atoms with E-state index in [9.17, 15) is 35.2 Å². The Hall–Kier alpha value is -2.44. The number of rotatable bonds is 1. The Bertz CT molecular complexity index is 1080. The number of aliphatic hydroxyl groups is 3. The van der Waals surface area contributed by atoms with Crippen LogP contribution in [0.2, 0.25) is 0 Å². The summed E-state index contributed by atoms with van der Waals surface area (Å²) in [5.41, 5.74) is -0.138. The summed E-state index contributed by atoms with van der Waals surface area (Å²) in [5.74, 6) is -5.23. The normalized spacial score (nSPS) is 57.6. The van der Waals surface area contributed by atoms with Crippen LogP contribution in [0.4, 0.5) is 0 Å². The highest BCUT2D eigenvalue weighted by molar-refractivity contribution is 5.94. The van der Waals surface area contributed by atoms with Crippen molar-refractivity contribution in [1.82, 2.24) is 0 Å². The van der Waals surface area contributed by atoms with Crippen LogP contribution in [0.3, 0.4) is 0 Å². The summed E-state index contributed by atoms with van der Waals surface area (Å²) in [4.78, 5) is 41.6. The molecule has 0 aromatic rings. The summed E-state index contributed by atoms with van der Waals surface area (Å²) >= 11 is 0. The molecule has 0 aromatic carbocycles. The van der Waals surface area contributed by atoms with E-state index in [-0.39, 0.29) is 0 Å². The lowest BCUT2D eigenvalue weighted by atomic mass is 9.51. The minimum atomic E-state index is -2.42. The molecule has 2 spiro atoms. The first-order chi connectivity index (χ1) is 15.3. The van der Waals surface area contributed by atoms with Gasteiger partial charge >= 0.3 is 17.9 Å². The minimum absolute atomic E-state index is 0.806. The van der Waals surface area contributed by atoms with E-state index in [0.717, 1.165) is 0 Å². The van der Waals surface area contributed by atoms with Crippen molar-refractivity contribution in [1.29, 1.82) is 0 Å². The third-order valence-corrected chi connectivity index (χ3v) is 9.13. The molecule has 3 N–H and O–H groups in total. The molecule has 33 heavy (non-hydrogen) atoms. The van der Waals surface area contributed by atoms with Crippen molar-refractivity contribution in [2.75, 3.05) is 0 Å². The van der Waals surface area contributed by atoms with Gasteiger partial charge in [0.05, 0.1) is 22.8 Å². The number of ether oxygens (including phenoxy) is 4. The maximum absolute atomic E-state index is 13.6. The van der Waals surface area contributed by atoms with Crippen LogP contribution in [-0.4, -0.2) is 81.2 Å². The number of azide groups is 1. The van der Waals surface area contributed by atoms with E-state index in [4.69, 9.17) is 18.9 Å². The van der Waals surface area contributed by atoms with Gasteiger partial charge in [-0.3, -0.25) is 4.79 Å². The van der Waals surface area contributed by atoms with Gasteiger partial charge in [-0.15, -0.1) is 0 Å². The second-order valence-corrected chi connectivity index (χ2v) is 11.0. The Balaban J connectivity index is 1.76. The van der Waals surface area contributed by atoms with Crippen LogP contribution in [0, 0.1) is 28.1 Å². The molecular weight excluding hydrogens is 442 g/mol. The number of hydrogen-bond donors (Lipinski definition) is 3. The lowest BCUT2D eigenvalue weighted by Gasteiger charge is -2.47. The number of aliphatic hydroxyl groups excluding tert-OH is 2. The van der Waals surface area contributed by atoms with Gasteiger partial charge in [0, 0.05) is 4.91 Å². The second kappa shape index (κ2) is 5.44. The first kappa shape index (κ1) is 21.1. The third-order valence-electron chi connectivity index (χ3n) is 9.13. The highest BCUT2D eigenvalue weighted by Gasteiger charge is 3.05. The molecule has 6 rings (SSSR count). The second-order valence-electron chi connectivity index (χ2n) is 11.0. The van der Waals surface area contributed by atoms with E-state index in [1.165, 1.54) is 6.92 Å². The Morgan fingerprint density at radius 3 is 2.33 bits per heavy atom. The molecule has 4 heterocycles. The fourth-order valence-corrected chi connectivity index (χ4v) is 8.45. The van der Waals surface area contributed by atoms with Crippen molar-refractivity contribution in [2.45, 2.75) is 75.6 Å². The van der Waals surface area contributed by atoms with Gasteiger partial charge in [0.25, 0.3) is 0 Å². The van der Waals surface area contributed by atoms with Gasteiger partial charge in [-0.05, 0) is 23.8 Å². The molecule has 7 unspecified atom stereocenters. The van der Waals surface area contributed by atoms with Crippen LogP contribution in [0.5, 0.6) is 0 Å². The van der Waals surface area contributed by atoms with E-state index in [1.807, 2.05) is 0 Å². The Morgan fingerprint density at radius 2 is 1.73 bits per heavy atom. The summed E-state index contributed by atoms with van der Waals surface area (Å²) in [6, 6.07) is -1.15. The molecule has 6 fully saturated rings. The average molecular weight is 465 g/mol. The molecular formula is C20H23N3O10.